The number of anilines is 3. The SMILES string of the molecule is CN(C)C1CCN(c2ccc(NC(=O)c3ccnc(SF)n3)c(N3CCC(C)(C)CC3)c2)CC1. The Bertz CT molecular complexity index is 999. The molecule has 0 atom stereocenters. The highest BCUT2D eigenvalue weighted by Gasteiger charge is 2.28. The maximum absolute atomic E-state index is 12.9. The van der Waals surface area contributed by atoms with E-state index < -0.39 is 0 Å². The van der Waals surface area contributed by atoms with Gasteiger partial charge in [-0.3, -0.25) is 4.79 Å². The van der Waals surface area contributed by atoms with E-state index in [1.807, 2.05) is 6.07 Å². The summed E-state index contributed by atoms with van der Waals surface area (Å²) in [6.07, 6.45) is 5.88. The van der Waals surface area contributed by atoms with E-state index in [1.165, 1.54) is 18.0 Å². The van der Waals surface area contributed by atoms with Gasteiger partial charge in [-0.05, 0) is 69.5 Å². The van der Waals surface area contributed by atoms with E-state index in [1.54, 1.807) is 0 Å². The maximum Gasteiger partial charge on any atom is 0.274 e. The molecule has 0 saturated carbocycles. The van der Waals surface area contributed by atoms with E-state index in [4.69, 9.17) is 0 Å². The lowest BCUT2D eigenvalue weighted by atomic mass is 9.82. The Hall–Kier alpha value is -2.39. The van der Waals surface area contributed by atoms with E-state index in [9.17, 15) is 8.68 Å². The van der Waals surface area contributed by atoms with Crippen LogP contribution in [0.5, 0.6) is 0 Å². The van der Waals surface area contributed by atoms with Crippen LogP contribution in [0.1, 0.15) is 50.0 Å². The van der Waals surface area contributed by atoms with Gasteiger partial charge < -0.3 is 20.0 Å². The standard InChI is InChI=1S/C25H35FN6OS/c1-25(2)10-15-32(16-11-25)22-17-19(31-13-8-18(9-14-31)30(3)4)5-6-20(22)28-23(33)21-7-12-27-24(29-21)34-26/h5-7,12,17-18H,8-11,13-16H2,1-4H3,(H,28,33). The van der Waals surface area contributed by atoms with Crippen LogP contribution in [0.25, 0.3) is 0 Å². The molecule has 2 fully saturated rings. The summed E-state index contributed by atoms with van der Waals surface area (Å²) in [4.78, 5) is 27.9. The summed E-state index contributed by atoms with van der Waals surface area (Å²) in [6, 6.07) is 8.42. The number of hydrogen-bond donors (Lipinski definition) is 1. The van der Waals surface area contributed by atoms with Crippen molar-refractivity contribution in [1.29, 1.82) is 0 Å². The summed E-state index contributed by atoms with van der Waals surface area (Å²) in [7, 11) is 4.31. The minimum absolute atomic E-state index is 0.0670. The third-order valence-electron chi connectivity index (χ3n) is 7.18. The lowest BCUT2D eigenvalue weighted by molar-refractivity contribution is 0.102. The van der Waals surface area contributed by atoms with Crippen molar-refractivity contribution in [2.75, 3.05) is 55.4 Å². The highest BCUT2D eigenvalue weighted by molar-refractivity contribution is 7.94. The highest BCUT2D eigenvalue weighted by atomic mass is 32.2. The summed E-state index contributed by atoms with van der Waals surface area (Å²) in [6.45, 7) is 8.55. The van der Waals surface area contributed by atoms with Crippen molar-refractivity contribution in [2.45, 2.75) is 50.7 Å². The van der Waals surface area contributed by atoms with E-state index in [-0.39, 0.29) is 28.9 Å². The molecule has 1 amide bonds. The fourth-order valence-corrected chi connectivity index (χ4v) is 5.00. The van der Waals surface area contributed by atoms with E-state index in [0.29, 0.717) is 11.5 Å². The molecule has 2 aromatic rings. The van der Waals surface area contributed by atoms with Crippen molar-refractivity contribution < 1.29 is 8.68 Å². The summed E-state index contributed by atoms with van der Waals surface area (Å²) in [5.41, 5.74) is 3.45. The number of carbonyl (C=O) groups is 1. The van der Waals surface area contributed by atoms with Crippen LogP contribution >= 0.6 is 12.1 Å². The molecule has 2 saturated heterocycles. The zero-order valence-electron chi connectivity index (χ0n) is 20.6. The normalized spacial score (nSPS) is 18.9. The quantitative estimate of drug-likeness (QED) is 0.585. The third kappa shape index (κ3) is 5.81. The fourth-order valence-electron chi connectivity index (χ4n) is 4.77. The number of halogens is 1. The average Bonchev–Trinajstić information content (AvgIpc) is 2.84. The Balaban J connectivity index is 1.58. The van der Waals surface area contributed by atoms with E-state index >= 15 is 0 Å². The predicted octanol–water partition coefficient (Wildman–Crippen LogP) is 4.86. The number of nitrogens with one attached hydrogen (secondary N) is 1. The summed E-state index contributed by atoms with van der Waals surface area (Å²) in [5.74, 6) is -0.365. The van der Waals surface area contributed by atoms with Crippen LogP contribution in [0.15, 0.2) is 35.6 Å². The summed E-state index contributed by atoms with van der Waals surface area (Å²) >= 11 is -0.0671. The molecule has 9 heteroatoms. The smallest absolute Gasteiger partial charge is 0.274 e. The van der Waals surface area contributed by atoms with Gasteiger partial charge >= 0.3 is 0 Å². The second-order valence-corrected chi connectivity index (χ2v) is 10.8. The van der Waals surface area contributed by atoms with Gasteiger partial charge in [0.2, 0.25) is 5.16 Å². The number of rotatable bonds is 6. The minimum atomic E-state index is -0.365. The first-order valence-electron chi connectivity index (χ1n) is 12.0. The van der Waals surface area contributed by atoms with Gasteiger partial charge in [-0.1, -0.05) is 13.8 Å². The molecule has 0 radical (unpaired) electrons. The number of benzene rings is 1. The topological polar surface area (TPSA) is 64.6 Å². The second kappa shape index (κ2) is 10.5. The zero-order chi connectivity index (χ0) is 24.3. The Kier molecular flexibility index (Phi) is 7.62. The van der Waals surface area contributed by atoms with Gasteiger partial charge in [0.1, 0.15) is 17.8 Å². The molecule has 2 aliphatic heterocycles. The number of aromatic nitrogens is 2. The Labute approximate surface area is 206 Å². The average molecular weight is 487 g/mol. The lowest BCUT2D eigenvalue weighted by Gasteiger charge is -2.40. The van der Waals surface area contributed by atoms with Gasteiger partial charge in [-0.25, -0.2) is 9.97 Å². The molecule has 0 bridgehead atoms. The molecule has 1 N–H and O–H groups in total. The van der Waals surface area contributed by atoms with Gasteiger partial charge in [0.15, 0.2) is 0 Å². The van der Waals surface area contributed by atoms with Crippen LogP contribution < -0.4 is 15.1 Å². The van der Waals surface area contributed by atoms with Crippen LogP contribution in [0.3, 0.4) is 0 Å². The molecular formula is C25H35FN6OS. The van der Waals surface area contributed by atoms with Crippen LogP contribution in [-0.4, -0.2) is 67.1 Å². The van der Waals surface area contributed by atoms with Crippen LogP contribution in [-0.2, 0) is 0 Å². The highest BCUT2D eigenvalue weighted by Crippen LogP contribution is 2.38. The number of carbonyl (C=O) groups excluding carboxylic acids is 1. The molecule has 184 valence electrons. The van der Waals surface area contributed by atoms with Crippen molar-refractivity contribution in [2.24, 2.45) is 5.41 Å². The molecule has 0 aliphatic carbocycles. The third-order valence-corrected chi connectivity index (χ3v) is 7.52. The number of hydrogen-bond acceptors (Lipinski definition) is 7. The first kappa shape index (κ1) is 24.7. The van der Waals surface area contributed by atoms with Crippen molar-refractivity contribution >= 4 is 35.1 Å². The van der Waals surface area contributed by atoms with Crippen LogP contribution in [0, 0.1) is 5.41 Å². The largest absolute Gasteiger partial charge is 0.371 e. The van der Waals surface area contributed by atoms with E-state index in [2.05, 4.69) is 70.1 Å². The lowest BCUT2D eigenvalue weighted by Crippen LogP contribution is -2.42. The molecule has 1 aromatic heterocycles. The molecule has 0 spiro atoms. The number of piperidine rings is 2. The van der Waals surface area contributed by atoms with Crippen molar-refractivity contribution in [1.82, 2.24) is 14.9 Å². The Morgan fingerprint density at radius 3 is 2.47 bits per heavy atom. The van der Waals surface area contributed by atoms with Crippen molar-refractivity contribution in [3.63, 3.8) is 0 Å². The molecule has 7 nitrogen and oxygen atoms in total. The summed E-state index contributed by atoms with van der Waals surface area (Å²) in [5, 5.41) is 2.95. The van der Waals surface area contributed by atoms with Gasteiger partial charge in [0.25, 0.3) is 5.91 Å². The molecule has 3 heterocycles. The minimum Gasteiger partial charge on any atom is -0.371 e. The predicted molar refractivity (Wildman–Crippen MR) is 138 cm³/mol. The molecular weight excluding hydrogens is 451 g/mol. The first-order chi connectivity index (χ1) is 16.3. The Morgan fingerprint density at radius 1 is 1.12 bits per heavy atom. The second-order valence-electron chi connectivity index (χ2n) is 10.3. The van der Waals surface area contributed by atoms with Crippen molar-refractivity contribution in [3.8, 4) is 0 Å². The molecule has 1 aromatic carbocycles. The van der Waals surface area contributed by atoms with Gasteiger partial charge in [-0.15, -0.1) is 0 Å². The van der Waals surface area contributed by atoms with Gasteiger partial charge in [0.05, 0.1) is 11.4 Å². The molecule has 0 unspecified atom stereocenters. The van der Waals surface area contributed by atoms with Gasteiger partial charge in [0, 0.05) is 44.1 Å². The van der Waals surface area contributed by atoms with Crippen LogP contribution in [0.2, 0.25) is 0 Å². The van der Waals surface area contributed by atoms with Gasteiger partial charge in [-0.2, -0.15) is 3.89 Å². The zero-order valence-corrected chi connectivity index (χ0v) is 21.4. The summed E-state index contributed by atoms with van der Waals surface area (Å²) < 4.78 is 12.9. The Morgan fingerprint density at radius 2 is 1.82 bits per heavy atom. The van der Waals surface area contributed by atoms with Crippen LogP contribution in [0.4, 0.5) is 20.9 Å². The number of amides is 1. The van der Waals surface area contributed by atoms with Crippen molar-refractivity contribution in [3.05, 3.63) is 36.2 Å². The van der Waals surface area contributed by atoms with E-state index in [0.717, 1.165) is 63.2 Å². The number of nitrogens with zero attached hydrogens (tertiary/aromatic N) is 5. The monoisotopic (exact) mass is 486 g/mol. The maximum atomic E-state index is 12.9. The molecule has 4 rings (SSSR count). The molecule has 2 aliphatic rings. The molecule has 34 heavy (non-hydrogen) atoms. The fraction of sp³-hybridized carbons (Fsp3) is 0.560. The first-order valence-corrected chi connectivity index (χ1v) is 12.7.